The Balaban J connectivity index is 2.02. The quantitative estimate of drug-likeness (QED) is 0.215. The maximum atomic E-state index is 12.4. The van der Waals surface area contributed by atoms with Gasteiger partial charge >= 0.3 is 0 Å². The molecule has 2 aromatic carbocycles. The van der Waals surface area contributed by atoms with Crippen molar-refractivity contribution < 1.29 is 13.5 Å². The maximum absolute atomic E-state index is 12.4. The molecule has 7 heteroatoms. The van der Waals surface area contributed by atoms with Crippen molar-refractivity contribution in [3.05, 3.63) is 81.4 Å². The van der Waals surface area contributed by atoms with Gasteiger partial charge in [0, 0.05) is 11.0 Å². The average molecular weight is 562 g/mol. The molecule has 2 aromatic rings. The number of hydrogen-bond donors (Lipinski definition) is 2. The van der Waals surface area contributed by atoms with Crippen LogP contribution in [0.25, 0.3) is 17.1 Å². The van der Waals surface area contributed by atoms with Crippen LogP contribution in [0.4, 0.5) is 0 Å². The molecule has 0 atom stereocenters. The average Bonchev–Trinajstić information content (AvgIpc) is 3.29. The van der Waals surface area contributed by atoms with Crippen LogP contribution >= 0.6 is 0 Å². The summed E-state index contributed by atoms with van der Waals surface area (Å²) in [6, 6.07) is 18.0. The van der Waals surface area contributed by atoms with Gasteiger partial charge in [0.2, 0.25) is 10.3 Å². The van der Waals surface area contributed by atoms with Crippen molar-refractivity contribution in [1.82, 2.24) is 15.0 Å². The van der Waals surface area contributed by atoms with E-state index in [9.17, 15) is 13.5 Å². The second-order valence-electron chi connectivity index (χ2n) is 13.3. The summed E-state index contributed by atoms with van der Waals surface area (Å²) in [5, 5.41) is 19.8. The van der Waals surface area contributed by atoms with E-state index in [1.54, 1.807) is 0 Å². The molecular weight excluding hydrogens is 518 g/mol. The van der Waals surface area contributed by atoms with E-state index < -0.39 is 15.7 Å². The van der Waals surface area contributed by atoms with Crippen molar-refractivity contribution in [3.63, 3.8) is 0 Å². The van der Waals surface area contributed by atoms with Crippen LogP contribution in [0.2, 0.25) is 0 Å². The lowest BCUT2D eigenvalue weighted by Gasteiger charge is -2.35. The second kappa shape index (κ2) is 10.9. The van der Waals surface area contributed by atoms with Crippen molar-refractivity contribution in [1.29, 1.82) is 0 Å². The standard InChI is InChI=1S/C33H43N3O3S/c1-9-10-14-22-17-18-26-28(30(22)40(38)39)35-36(34-26)27-20-24(32(5,6)21-31(2,3)4)19-25(29(27)37)33(7,8)23-15-12-11-13-16-23/h11-13,15-20,34,37H,9-10,14,21H2,1-8H3. The summed E-state index contributed by atoms with van der Waals surface area (Å²) in [5.41, 5.74) is 4.57. The number of hydrogen-bond acceptors (Lipinski definition) is 4. The van der Waals surface area contributed by atoms with E-state index in [2.05, 4.69) is 78.7 Å². The highest BCUT2D eigenvalue weighted by molar-refractivity contribution is 7.64. The molecule has 0 amide bonds. The van der Waals surface area contributed by atoms with Gasteiger partial charge in [-0.3, -0.25) is 5.10 Å². The number of aryl methyl sites for hydroxylation is 1. The van der Waals surface area contributed by atoms with Crippen LogP contribution in [0.15, 0.2) is 54.6 Å². The Morgan fingerprint density at radius 1 is 0.925 bits per heavy atom. The minimum atomic E-state index is -2.45. The first kappa shape index (κ1) is 29.7. The lowest BCUT2D eigenvalue weighted by molar-refractivity contribution is 0.283. The predicted octanol–water partition coefficient (Wildman–Crippen LogP) is 7.80. The fourth-order valence-electron chi connectivity index (χ4n) is 5.99. The second-order valence-corrected chi connectivity index (χ2v) is 14.2. The molecule has 0 spiro atoms. The third kappa shape index (κ3) is 5.90. The number of aromatic hydroxyl groups is 1. The zero-order valence-electron chi connectivity index (χ0n) is 25.1. The molecule has 0 radical (unpaired) electrons. The number of benzene rings is 3. The zero-order valence-corrected chi connectivity index (χ0v) is 25.9. The number of fused-ring (bicyclic) bond motifs is 1. The molecule has 40 heavy (non-hydrogen) atoms. The number of aromatic nitrogens is 3. The van der Waals surface area contributed by atoms with Gasteiger partial charge in [0.1, 0.15) is 21.6 Å². The van der Waals surface area contributed by atoms with E-state index in [-0.39, 0.29) is 21.1 Å². The van der Waals surface area contributed by atoms with Crippen LogP contribution in [0, 0.1) is 9.93 Å². The number of nitrogens with zero attached hydrogens (tertiary/aromatic N) is 2. The van der Waals surface area contributed by atoms with Crippen LogP contribution in [0.3, 0.4) is 0 Å². The Kier molecular flexibility index (Phi) is 8.10. The molecule has 1 aliphatic carbocycles. The predicted molar refractivity (Wildman–Crippen MR) is 163 cm³/mol. The van der Waals surface area contributed by atoms with E-state index in [4.69, 9.17) is 5.10 Å². The first-order valence-corrected chi connectivity index (χ1v) is 15.2. The molecule has 0 aromatic heterocycles. The lowest BCUT2D eigenvalue weighted by Crippen LogP contribution is -2.27. The number of phenolic OH excluding ortho intramolecular Hbond substituents is 1. The van der Waals surface area contributed by atoms with Crippen molar-refractivity contribution in [2.75, 3.05) is 0 Å². The summed E-state index contributed by atoms with van der Waals surface area (Å²) in [6.07, 6.45) is 3.46. The Bertz CT molecular complexity index is 1650. The Morgan fingerprint density at radius 2 is 1.60 bits per heavy atom. The molecule has 2 aliphatic rings. The van der Waals surface area contributed by atoms with E-state index >= 15 is 0 Å². The third-order valence-corrected chi connectivity index (χ3v) is 8.64. The molecule has 1 aliphatic heterocycles. The molecule has 0 fully saturated rings. The molecule has 6 nitrogen and oxygen atoms in total. The van der Waals surface area contributed by atoms with Crippen LogP contribution in [0.1, 0.15) is 96.9 Å². The van der Waals surface area contributed by atoms with Crippen molar-refractivity contribution in [2.24, 2.45) is 5.41 Å². The van der Waals surface area contributed by atoms with Gasteiger partial charge in [-0.2, -0.15) is 13.2 Å². The molecule has 214 valence electrons. The first-order valence-electron chi connectivity index (χ1n) is 14.1. The van der Waals surface area contributed by atoms with Crippen LogP contribution in [-0.4, -0.2) is 28.5 Å². The largest absolute Gasteiger partial charge is 0.505 e. The van der Waals surface area contributed by atoms with Gasteiger partial charge in [-0.15, -0.1) is 5.10 Å². The molecule has 4 rings (SSSR count). The fourth-order valence-corrected chi connectivity index (χ4v) is 6.68. The number of nitrogens with one attached hydrogen (secondary N) is 1. The summed E-state index contributed by atoms with van der Waals surface area (Å²) < 4.78 is 24.9. The van der Waals surface area contributed by atoms with E-state index in [0.29, 0.717) is 23.5 Å². The minimum absolute atomic E-state index is 0.0884. The number of phenols is 1. The van der Waals surface area contributed by atoms with Gasteiger partial charge in [-0.25, -0.2) is 0 Å². The van der Waals surface area contributed by atoms with Crippen LogP contribution < -0.4 is 0 Å². The van der Waals surface area contributed by atoms with Gasteiger partial charge in [-0.1, -0.05) is 104 Å². The van der Waals surface area contributed by atoms with E-state index in [0.717, 1.165) is 41.5 Å². The summed E-state index contributed by atoms with van der Waals surface area (Å²) in [5.74, 6) is 0.115. The Labute approximate surface area is 240 Å². The van der Waals surface area contributed by atoms with Crippen molar-refractivity contribution in [2.45, 2.75) is 91.9 Å². The number of aromatic amines is 1. The van der Waals surface area contributed by atoms with Crippen LogP contribution in [0.5, 0.6) is 5.75 Å². The lowest BCUT2D eigenvalue weighted by atomic mass is 9.70. The normalized spacial score (nSPS) is 12.7. The van der Waals surface area contributed by atoms with Gasteiger partial charge in [0.25, 0.3) is 0 Å². The van der Waals surface area contributed by atoms with Crippen molar-refractivity contribution >= 4 is 10.3 Å². The smallest absolute Gasteiger partial charge is 0.224 e. The third-order valence-electron chi connectivity index (χ3n) is 7.85. The summed E-state index contributed by atoms with van der Waals surface area (Å²) in [7, 11) is -2.45. The van der Waals surface area contributed by atoms with E-state index in [1.807, 2.05) is 36.4 Å². The van der Waals surface area contributed by atoms with Gasteiger partial charge in [-0.05, 0) is 58.9 Å². The minimum Gasteiger partial charge on any atom is -0.505 e. The highest BCUT2D eigenvalue weighted by Crippen LogP contribution is 2.45. The fraction of sp³-hybridized carbons (Fsp3) is 0.455. The maximum Gasteiger partial charge on any atom is 0.224 e. The topological polar surface area (TPSA) is 88.0 Å². The SMILES string of the molecule is CCCCc1ccc2[nH]n(-c3cc(C(C)(C)CC(C)(C)C)cc(C(C)(C)c4ccccc4)c3O)nc-2c1=S(=O)=O. The number of unbranched alkanes of at least 4 members (excludes halogenated alkanes) is 1. The molecule has 1 heterocycles. The highest BCUT2D eigenvalue weighted by atomic mass is 32.2. The molecule has 0 saturated heterocycles. The molecule has 0 saturated carbocycles. The first-order chi connectivity index (χ1) is 18.7. The van der Waals surface area contributed by atoms with Gasteiger partial charge < -0.3 is 5.11 Å². The highest BCUT2D eigenvalue weighted by Gasteiger charge is 2.34. The summed E-state index contributed by atoms with van der Waals surface area (Å²) >= 11 is 0. The molecule has 0 bridgehead atoms. The molecule has 2 N–H and O–H groups in total. The Morgan fingerprint density at radius 3 is 2.20 bits per heavy atom. The van der Waals surface area contributed by atoms with Crippen molar-refractivity contribution in [3.8, 4) is 22.8 Å². The summed E-state index contributed by atoms with van der Waals surface area (Å²) in [4.78, 5) is 1.53. The molecule has 0 unspecified atom stereocenters. The summed E-state index contributed by atoms with van der Waals surface area (Å²) in [6.45, 7) is 17.5. The van der Waals surface area contributed by atoms with Gasteiger partial charge in [0.15, 0.2) is 0 Å². The van der Waals surface area contributed by atoms with E-state index in [1.165, 1.54) is 4.80 Å². The monoisotopic (exact) mass is 561 g/mol. The molecular formula is C33H43N3O3S. The zero-order chi connectivity index (χ0) is 29.5. The Hall–Kier alpha value is -3.32. The number of H-pyrrole nitrogens is 1. The number of rotatable bonds is 8. The van der Waals surface area contributed by atoms with Crippen LogP contribution in [-0.2, 0) is 27.5 Å². The van der Waals surface area contributed by atoms with Gasteiger partial charge in [0.05, 0.1) is 5.69 Å².